The van der Waals surface area contributed by atoms with Crippen LogP contribution in [0.2, 0.25) is 0 Å². The van der Waals surface area contributed by atoms with Crippen molar-refractivity contribution in [1.29, 1.82) is 0 Å². The number of imide groups is 1. The number of rotatable bonds is 1. The molecule has 0 N–H and O–H groups in total. The largest absolute Gasteiger partial charge is 0.330 e. The van der Waals surface area contributed by atoms with Crippen LogP contribution in [0.4, 0.5) is 5.82 Å². The summed E-state index contributed by atoms with van der Waals surface area (Å²) in [4.78, 5) is 24.9. The van der Waals surface area contributed by atoms with Crippen molar-refractivity contribution in [2.75, 3.05) is 4.90 Å². The third-order valence-corrected chi connectivity index (χ3v) is 3.56. The maximum atomic E-state index is 11.8. The maximum absolute atomic E-state index is 11.8. The van der Waals surface area contributed by atoms with Gasteiger partial charge in [0.1, 0.15) is 5.82 Å². The molecule has 92 valence electrons. The molecule has 1 fully saturated rings. The van der Waals surface area contributed by atoms with Crippen LogP contribution < -0.4 is 4.90 Å². The van der Waals surface area contributed by atoms with Crippen LogP contribution in [0.3, 0.4) is 0 Å². The molecular weight excluding hydrogens is 228 g/mol. The maximum Gasteiger partial charge on any atom is 0.235 e. The fraction of sp³-hybridized carbons (Fsp3) is 0.286. The fourth-order valence-corrected chi connectivity index (χ4v) is 2.54. The van der Waals surface area contributed by atoms with Gasteiger partial charge in [-0.25, -0.2) is 4.90 Å². The summed E-state index contributed by atoms with van der Waals surface area (Å²) < 4.78 is 1.91. The third kappa shape index (κ3) is 1.38. The van der Waals surface area contributed by atoms with Gasteiger partial charge in [-0.05, 0) is 24.6 Å². The predicted molar refractivity (Wildman–Crippen MR) is 69.4 cm³/mol. The van der Waals surface area contributed by atoms with Crippen molar-refractivity contribution in [1.82, 2.24) is 4.57 Å². The Morgan fingerprint density at radius 3 is 2.39 bits per heavy atom. The lowest BCUT2D eigenvalue weighted by Gasteiger charge is -2.14. The smallest absolute Gasteiger partial charge is 0.235 e. The number of nitrogens with zero attached hydrogens (tertiary/aromatic N) is 2. The zero-order chi connectivity index (χ0) is 12.9. The number of benzene rings is 1. The molecule has 4 heteroatoms. The molecule has 0 saturated carbocycles. The molecule has 2 heterocycles. The summed E-state index contributed by atoms with van der Waals surface area (Å²) in [5.74, 6) is 0.457. The fourth-order valence-electron chi connectivity index (χ4n) is 2.54. The first-order valence-corrected chi connectivity index (χ1v) is 6.00. The Kier molecular flexibility index (Phi) is 2.26. The van der Waals surface area contributed by atoms with Crippen molar-refractivity contribution >= 4 is 28.5 Å². The summed E-state index contributed by atoms with van der Waals surface area (Å²) in [5.41, 5.74) is 2.19. The van der Waals surface area contributed by atoms with Crippen molar-refractivity contribution in [3.05, 3.63) is 29.8 Å². The monoisotopic (exact) mass is 242 g/mol. The number of aromatic nitrogens is 1. The highest BCUT2D eigenvalue weighted by molar-refractivity contribution is 6.20. The molecule has 1 saturated heterocycles. The van der Waals surface area contributed by atoms with Crippen molar-refractivity contribution in [3.8, 4) is 0 Å². The van der Waals surface area contributed by atoms with Gasteiger partial charge < -0.3 is 4.57 Å². The minimum absolute atomic E-state index is 0.108. The highest BCUT2D eigenvalue weighted by Gasteiger charge is 2.32. The molecule has 1 aromatic carbocycles. The van der Waals surface area contributed by atoms with Gasteiger partial charge >= 0.3 is 0 Å². The molecule has 1 aliphatic rings. The Labute approximate surface area is 105 Å². The van der Waals surface area contributed by atoms with E-state index in [0.29, 0.717) is 18.7 Å². The number of anilines is 1. The Morgan fingerprint density at radius 1 is 1.11 bits per heavy atom. The molecule has 0 spiro atoms. The molecule has 0 bridgehead atoms. The van der Waals surface area contributed by atoms with E-state index < -0.39 is 0 Å². The first-order valence-electron chi connectivity index (χ1n) is 6.00. The Bertz CT molecular complexity index is 654. The van der Waals surface area contributed by atoms with Crippen LogP contribution in [0.15, 0.2) is 24.3 Å². The van der Waals surface area contributed by atoms with Crippen LogP contribution in [0, 0.1) is 6.92 Å². The molecular formula is C14H14N2O2. The summed E-state index contributed by atoms with van der Waals surface area (Å²) in [6, 6.07) is 7.93. The van der Waals surface area contributed by atoms with Crippen molar-refractivity contribution in [3.63, 3.8) is 0 Å². The first kappa shape index (κ1) is 11.0. The van der Waals surface area contributed by atoms with Gasteiger partial charge in [0, 0.05) is 30.8 Å². The second-order valence-corrected chi connectivity index (χ2v) is 4.69. The first-order chi connectivity index (χ1) is 8.59. The van der Waals surface area contributed by atoms with Crippen LogP contribution >= 0.6 is 0 Å². The lowest BCUT2D eigenvalue weighted by atomic mass is 10.1. The molecule has 0 unspecified atom stereocenters. The van der Waals surface area contributed by atoms with E-state index >= 15 is 0 Å². The van der Waals surface area contributed by atoms with Gasteiger partial charge in [-0.15, -0.1) is 0 Å². The SMILES string of the molecule is Cc1cccc2c1cc(N1C(=O)CCC1=O)n2C. The van der Waals surface area contributed by atoms with Gasteiger partial charge in [0.2, 0.25) is 11.8 Å². The predicted octanol–water partition coefficient (Wildman–Crippen LogP) is 2.14. The van der Waals surface area contributed by atoms with Crippen LogP contribution in [0.5, 0.6) is 0 Å². The molecule has 0 aliphatic carbocycles. The van der Waals surface area contributed by atoms with Crippen LogP contribution in [0.25, 0.3) is 10.9 Å². The number of aryl methyl sites for hydroxylation is 2. The number of hydrogen-bond donors (Lipinski definition) is 0. The van der Waals surface area contributed by atoms with Crippen LogP contribution in [-0.2, 0) is 16.6 Å². The van der Waals surface area contributed by atoms with E-state index in [1.54, 1.807) is 0 Å². The molecule has 4 nitrogen and oxygen atoms in total. The van der Waals surface area contributed by atoms with E-state index in [9.17, 15) is 9.59 Å². The number of carbonyl (C=O) groups excluding carboxylic acids is 2. The third-order valence-electron chi connectivity index (χ3n) is 3.56. The van der Waals surface area contributed by atoms with Gasteiger partial charge in [-0.3, -0.25) is 9.59 Å². The van der Waals surface area contributed by atoms with Gasteiger partial charge in [0.25, 0.3) is 0 Å². The standard InChI is InChI=1S/C14H14N2O2/c1-9-4-3-5-11-10(9)8-12(15(11)2)16-13(17)6-7-14(16)18/h3-5,8H,6-7H2,1-2H3. The van der Waals surface area contributed by atoms with E-state index in [4.69, 9.17) is 0 Å². The molecule has 1 aliphatic heterocycles. The average Bonchev–Trinajstić information content (AvgIpc) is 2.83. The van der Waals surface area contributed by atoms with Crippen LogP contribution in [-0.4, -0.2) is 16.4 Å². The van der Waals surface area contributed by atoms with Crippen LogP contribution in [0.1, 0.15) is 18.4 Å². The number of fused-ring (bicyclic) bond motifs is 1. The Morgan fingerprint density at radius 2 is 1.78 bits per heavy atom. The van der Waals surface area contributed by atoms with Crippen molar-refractivity contribution < 1.29 is 9.59 Å². The minimum Gasteiger partial charge on any atom is -0.330 e. The second kappa shape index (κ2) is 3.70. The lowest BCUT2D eigenvalue weighted by Crippen LogP contribution is -2.30. The van der Waals surface area contributed by atoms with Gasteiger partial charge in [0.05, 0.1) is 0 Å². The van der Waals surface area contributed by atoms with E-state index in [-0.39, 0.29) is 11.8 Å². The Balaban J connectivity index is 2.24. The number of amides is 2. The number of hydrogen-bond acceptors (Lipinski definition) is 2. The topological polar surface area (TPSA) is 42.3 Å². The highest BCUT2D eigenvalue weighted by Crippen LogP contribution is 2.30. The minimum atomic E-state index is -0.108. The van der Waals surface area contributed by atoms with E-state index in [0.717, 1.165) is 16.5 Å². The second-order valence-electron chi connectivity index (χ2n) is 4.69. The number of carbonyl (C=O) groups is 2. The van der Waals surface area contributed by atoms with Gasteiger partial charge in [-0.1, -0.05) is 12.1 Å². The lowest BCUT2D eigenvalue weighted by molar-refractivity contribution is -0.121. The molecule has 3 rings (SSSR count). The summed E-state index contributed by atoms with van der Waals surface area (Å²) >= 11 is 0. The summed E-state index contributed by atoms with van der Waals surface area (Å²) in [5, 5.41) is 1.09. The van der Waals surface area contributed by atoms with E-state index in [1.165, 1.54) is 4.90 Å². The Hall–Kier alpha value is -2.10. The van der Waals surface area contributed by atoms with E-state index in [2.05, 4.69) is 0 Å². The van der Waals surface area contributed by atoms with Crippen molar-refractivity contribution in [2.45, 2.75) is 19.8 Å². The summed E-state index contributed by atoms with van der Waals surface area (Å²) in [6.45, 7) is 2.03. The van der Waals surface area contributed by atoms with E-state index in [1.807, 2.05) is 42.8 Å². The van der Waals surface area contributed by atoms with Crippen molar-refractivity contribution in [2.24, 2.45) is 7.05 Å². The molecule has 2 amide bonds. The highest BCUT2D eigenvalue weighted by atomic mass is 16.2. The molecule has 2 aromatic rings. The summed E-state index contributed by atoms with van der Waals surface area (Å²) in [6.07, 6.45) is 0.638. The molecule has 0 radical (unpaired) electrons. The zero-order valence-electron chi connectivity index (χ0n) is 10.4. The van der Waals surface area contributed by atoms with Gasteiger partial charge in [-0.2, -0.15) is 0 Å². The average molecular weight is 242 g/mol. The van der Waals surface area contributed by atoms with Gasteiger partial charge in [0.15, 0.2) is 0 Å². The summed E-state index contributed by atoms with van der Waals surface area (Å²) in [7, 11) is 1.88. The molecule has 18 heavy (non-hydrogen) atoms. The molecule has 1 aromatic heterocycles. The molecule has 0 atom stereocenters. The quantitative estimate of drug-likeness (QED) is 0.719. The zero-order valence-corrected chi connectivity index (χ0v) is 10.4. The normalized spacial score (nSPS) is 16.0.